The molecule has 2 rings (SSSR count). The average Bonchev–Trinajstić information content (AvgIpc) is 2.53. The Balaban J connectivity index is 1.80. The Kier molecular flexibility index (Phi) is 6.31. The second-order valence-electron chi connectivity index (χ2n) is 5.31. The molecule has 1 atom stereocenters. The van der Waals surface area contributed by atoms with Crippen LogP contribution in [0.3, 0.4) is 0 Å². The minimum Gasteiger partial charge on any atom is -0.427 e. The van der Waals surface area contributed by atoms with Crippen molar-refractivity contribution < 1.29 is 22.7 Å². The van der Waals surface area contributed by atoms with Crippen LogP contribution in [0.2, 0.25) is 0 Å². The molecule has 0 aliphatic heterocycles. The number of halogens is 3. The minimum absolute atomic E-state index is 0.0483. The number of esters is 1. The molecule has 0 aromatic heterocycles. The summed E-state index contributed by atoms with van der Waals surface area (Å²) in [5, 5.41) is 0.0483. The zero-order chi connectivity index (χ0) is 17.6. The first-order chi connectivity index (χ1) is 11.3. The van der Waals surface area contributed by atoms with E-state index in [2.05, 4.69) is 0 Å². The first-order valence-corrected chi connectivity index (χ1v) is 8.43. The fourth-order valence-corrected chi connectivity index (χ4v) is 2.91. The van der Waals surface area contributed by atoms with Crippen molar-refractivity contribution in [2.24, 2.45) is 0 Å². The molecule has 0 saturated carbocycles. The molecular formula is C18H17F3O2S. The fourth-order valence-electron chi connectivity index (χ4n) is 1.99. The Morgan fingerprint density at radius 1 is 1.08 bits per heavy atom. The number of hydrogen-bond donors (Lipinski definition) is 0. The molecule has 0 amide bonds. The summed E-state index contributed by atoms with van der Waals surface area (Å²) in [7, 11) is 0. The van der Waals surface area contributed by atoms with E-state index in [4.69, 9.17) is 4.74 Å². The number of thioether (sulfide) groups is 1. The Morgan fingerprint density at radius 2 is 1.71 bits per heavy atom. The number of ether oxygens (including phenoxy) is 1. The van der Waals surface area contributed by atoms with Crippen LogP contribution < -0.4 is 4.74 Å². The predicted octanol–water partition coefficient (Wildman–Crippen LogP) is 5.32. The first-order valence-electron chi connectivity index (χ1n) is 7.38. The van der Waals surface area contributed by atoms with E-state index in [1.54, 1.807) is 11.8 Å². The van der Waals surface area contributed by atoms with Gasteiger partial charge in [-0.25, -0.2) is 0 Å². The van der Waals surface area contributed by atoms with E-state index in [0.29, 0.717) is 0 Å². The van der Waals surface area contributed by atoms with E-state index in [0.717, 1.165) is 30.0 Å². The van der Waals surface area contributed by atoms with E-state index in [9.17, 15) is 18.0 Å². The molecule has 0 saturated heterocycles. The standard InChI is InChI=1S/C18H17F3O2S/c1-13(24-12-14-5-3-2-4-6-14)11-17(22)23-16-9-7-15(8-10-16)18(19,20)21/h2-10,13H,11-12H2,1H3/t13-/m0/s1. The van der Waals surface area contributed by atoms with Crippen LogP contribution >= 0.6 is 11.8 Å². The van der Waals surface area contributed by atoms with E-state index in [1.807, 2.05) is 37.3 Å². The van der Waals surface area contributed by atoms with Gasteiger partial charge in [-0.05, 0) is 29.8 Å². The van der Waals surface area contributed by atoms with Gasteiger partial charge in [0.05, 0.1) is 12.0 Å². The van der Waals surface area contributed by atoms with E-state index in [1.165, 1.54) is 5.56 Å². The quantitative estimate of drug-likeness (QED) is 0.518. The summed E-state index contributed by atoms with van der Waals surface area (Å²) in [5.74, 6) is 0.450. The third-order valence-electron chi connectivity index (χ3n) is 3.24. The summed E-state index contributed by atoms with van der Waals surface area (Å²) < 4.78 is 42.5. The van der Waals surface area contributed by atoms with Crippen molar-refractivity contribution in [2.75, 3.05) is 0 Å². The Bertz CT molecular complexity index is 654. The number of carbonyl (C=O) groups is 1. The van der Waals surface area contributed by atoms with Gasteiger partial charge in [-0.1, -0.05) is 37.3 Å². The molecule has 0 unspecified atom stereocenters. The van der Waals surface area contributed by atoms with Crippen LogP contribution in [0.15, 0.2) is 54.6 Å². The summed E-state index contributed by atoms with van der Waals surface area (Å²) in [4.78, 5) is 11.9. The lowest BCUT2D eigenvalue weighted by molar-refractivity contribution is -0.137. The number of benzene rings is 2. The molecule has 2 nitrogen and oxygen atoms in total. The molecule has 0 aliphatic rings. The normalized spacial score (nSPS) is 12.7. The second kappa shape index (κ2) is 8.24. The summed E-state index contributed by atoms with van der Waals surface area (Å²) in [6, 6.07) is 14.0. The Morgan fingerprint density at radius 3 is 2.29 bits per heavy atom. The van der Waals surface area contributed by atoms with Crippen LogP contribution in [0.4, 0.5) is 13.2 Å². The Hall–Kier alpha value is -1.95. The van der Waals surface area contributed by atoms with Gasteiger partial charge in [0.25, 0.3) is 0 Å². The molecule has 0 spiro atoms. The zero-order valence-electron chi connectivity index (χ0n) is 13.0. The lowest BCUT2D eigenvalue weighted by atomic mass is 10.2. The fraction of sp³-hybridized carbons (Fsp3) is 0.278. The van der Waals surface area contributed by atoms with E-state index < -0.39 is 17.7 Å². The van der Waals surface area contributed by atoms with Crippen molar-refractivity contribution in [3.63, 3.8) is 0 Å². The van der Waals surface area contributed by atoms with Crippen molar-refractivity contribution in [1.29, 1.82) is 0 Å². The van der Waals surface area contributed by atoms with Crippen LogP contribution in [0.25, 0.3) is 0 Å². The SMILES string of the molecule is C[C@@H](CC(=O)Oc1ccc(C(F)(F)F)cc1)SCc1ccccc1. The molecule has 0 bridgehead atoms. The lowest BCUT2D eigenvalue weighted by Crippen LogP contribution is -2.14. The van der Waals surface area contributed by atoms with Crippen LogP contribution in [0.5, 0.6) is 5.75 Å². The number of rotatable bonds is 6. The molecule has 24 heavy (non-hydrogen) atoms. The number of carbonyl (C=O) groups excluding carboxylic acids is 1. The molecule has 0 aliphatic carbocycles. The van der Waals surface area contributed by atoms with E-state index >= 15 is 0 Å². The summed E-state index contributed by atoms with van der Waals surface area (Å²) >= 11 is 1.62. The molecule has 0 N–H and O–H groups in total. The minimum atomic E-state index is -4.40. The monoisotopic (exact) mass is 354 g/mol. The van der Waals surface area contributed by atoms with Crippen LogP contribution in [-0.4, -0.2) is 11.2 Å². The zero-order valence-corrected chi connectivity index (χ0v) is 13.9. The topological polar surface area (TPSA) is 26.3 Å². The van der Waals surface area contributed by atoms with Crippen molar-refractivity contribution >= 4 is 17.7 Å². The average molecular weight is 354 g/mol. The maximum absolute atomic E-state index is 12.5. The number of hydrogen-bond acceptors (Lipinski definition) is 3. The van der Waals surface area contributed by atoms with Crippen molar-refractivity contribution in [3.05, 3.63) is 65.7 Å². The van der Waals surface area contributed by atoms with Crippen LogP contribution in [-0.2, 0) is 16.7 Å². The molecule has 2 aromatic carbocycles. The molecule has 0 fully saturated rings. The maximum atomic E-state index is 12.5. The molecule has 128 valence electrons. The van der Waals surface area contributed by atoms with E-state index in [-0.39, 0.29) is 17.4 Å². The molecule has 6 heteroatoms. The van der Waals surface area contributed by atoms with Crippen molar-refractivity contribution in [3.8, 4) is 5.75 Å². The van der Waals surface area contributed by atoms with Gasteiger partial charge in [0.1, 0.15) is 5.75 Å². The summed E-state index contributed by atoms with van der Waals surface area (Å²) in [6.45, 7) is 1.92. The highest BCUT2D eigenvalue weighted by atomic mass is 32.2. The second-order valence-corrected chi connectivity index (χ2v) is 6.73. The van der Waals surface area contributed by atoms with Gasteiger partial charge < -0.3 is 4.74 Å². The maximum Gasteiger partial charge on any atom is 0.416 e. The highest BCUT2D eigenvalue weighted by Crippen LogP contribution is 2.30. The highest BCUT2D eigenvalue weighted by Gasteiger charge is 2.30. The first kappa shape index (κ1) is 18.4. The van der Waals surface area contributed by atoms with Crippen molar-refractivity contribution in [1.82, 2.24) is 0 Å². The largest absolute Gasteiger partial charge is 0.427 e. The number of alkyl halides is 3. The molecule has 0 heterocycles. The highest BCUT2D eigenvalue weighted by molar-refractivity contribution is 7.99. The predicted molar refractivity (Wildman–Crippen MR) is 88.9 cm³/mol. The van der Waals surface area contributed by atoms with Gasteiger partial charge in [-0.2, -0.15) is 24.9 Å². The smallest absolute Gasteiger partial charge is 0.416 e. The molecule has 0 radical (unpaired) electrons. The van der Waals surface area contributed by atoms with Gasteiger partial charge in [-0.3, -0.25) is 4.79 Å². The molecular weight excluding hydrogens is 337 g/mol. The van der Waals surface area contributed by atoms with Gasteiger partial charge in [0.15, 0.2) is 0 Å². The summed E-state index contributed by atoms with van der Waals surface area (Å²) in [6.07, 6.45) is -4.20. The third-order valence-corrected chi connectivity index (χ3v) is 4.48. The summed E-state index contributed by atoms with van der Waals surface area (Å²) in [5.41, 5.74) is 0.402. The van der Waals surface area contributed by atoms with Gasteiger partial charge in [0, 0.05) is 11.0 Å². The lowest BCUT2D eigenvalue weighted by Gasteiger charge is -2.11. The van der Waals surface area contributed by atoms with Gasteiger partial charge >= 0.3 is 12.1 Å². The van der Waals surface area contributed by atoms with Crippen LogP contribution in [0, 0.1) is 0 Å². The Labute approximate surface area is 143 Å². The van der Waals surface area contributed by atoms with Gasteiger partial charge in [0.2, 0.25) is 0 Å². The van der Waals surface area contributed by atoms with Crippen molar-refractivity contribution in [2.45, 2.75) is 30.5 Å². The van der Waals surface area contributed by atoms with Gasteiger partial charge in [-0.15, -0.1) is 0 Å². The third kappa shape index (κ3) is 5.92. The van der Waals surface area contributed by atoms with Crippen LogP contribution in [0.1, 0.15) is 24.5 Å². The molecule has 2 aromatic rings.